The maximum absolute atomic E-state index is 13.9. The lowest BCUT2D eigenvalue weighted by atomic mass is 9.96. The van der Waals surface area contributed by atoms with Crippen molar-refractivity contribution in [2.75, 3.05) is 45.0 Å². The summed E-state index contributed by atoms with van der Waals surface area (Å²) in [5.74, 6) is -0.0357. The average molecular weight is 412 g/mol. The van der Waals surface area contributed by atoms with Crippen LogP contribution in [0.4, 0.5) is 4.39 Å². The van der Waals surface area contributed by atoms with Gasteiger partial charge in [-0.05, 0) is 32.3 Å². The van der Waals surface area contributed by atoms with Crippen LogP contribution in [0, 0.1) is 11.7 Å². The molecular formula is C20H30FN3O3S. The molecule has 2 aliphatic heterocycles. The Morgan fingerprint density at radius 3 is 2.46 bits per heavy atom. The molecule has 2 saturated heterocycles. The molecule has 0 saturated carbocycles. The van der Waals surface area contributed by atoms with Gasteiger partial charge in [0.15, 0.2) is 0 Å². The Labute approximate surface area is 167 Å². The van der Waals surface area contributed by atoms with E-state index < -0.39 is 10.0 Å². The molecule has 2 heterocycles. The summed E-state index contributed by atoms with van der Waals surface area (Å²) < 4.78 is 39.4. The van der Waals surface area contributed by atoms with E-state index in [0.717, 1.165) is 19.5 Å². The number of benzene rings is 1. The van der Waals surface area contributed by atoms with Crippen molar-refractivity contribution in [2.24, 2.45) is 5.92 Å². The van der Waals surface area contributed by atoms with Crippen LogP contribution in [-0.2, 0) is 21.4 Å². The van der Waals surface area contributed by atoms with Crippen LogP contribution in [0.15, 0.2) is 24.3 Å². The second-order valence-electron chi connectivity index (χ2n) is 7.62. The second kappa shape index (κ2) is 9.33. The summed E-state index contributed by atoms with van der Waals surface area (Å²) in [4.78, 5) is 17.0. The van der Waals surface area contributed by atoms with Gasteiger partial charge in [-0.2, -0.15) is 0 Å². The van der Waals surface area contributed by atoms with Gasteiger partial charge in [-0.25, -0.2) is 17.1 Å². The largest absolute Gasteiger partial charge is 0.341 e. The standard InChI is InChI=1S/C20H30FN3O3S/c1-2-28(26,27)24-12-8-17(9-13-24)20(25)23-11-5-10-22(14-15-23)16-18-6-3-4-7-19(18)21/h3-4,6-7,17H,2,5,8-16H2,1H3. The summed E-state index contributed by atoms with van der Waals surface area (Å²) in [7, 11) is -3.17. The molecule has 3 rings (SSSR count). The van der Waals surface area contributed by atoms with E-state index in [4.69, 9.17) is 0 Å². The number of sulfonamides is 1. The maximum atomic E-state index is 13.9. The number of amides is 1. The Bertz CT molecular complexity index is 779. The van der Waals surface area contributed by atoms with E-state index in [1.54, 1.807) is 19.1 Å². The minimum absolute atomic E-state index is 0.0959. The number of carbonyl (C=O) groups excluding carboxylic acids is 1. The van der Waals surface area contributed by atoms with Crippen molar-refractivity contribution in [1.82, 2.24) is 14.1 Å². The number of piperidine rings is 1. The van der Waals surface area contributed by atoms with Gasteiger partial charge in [-0.15, -0.1) is 0 Å². The molecule has 6 nitrogen and oxygen atoms in total. The fraction of sp³-hybridized carbons (Fsp3) is 0.650. The number of hydrogen-bond acceptors (Lipinski definition) is 4. The molecule has 0 spiro atoms. The van der Waals surface area contributed by atoms with Gasteiger partial charge >= 0.3 is 0 Å². The van der Waals surface area contributed by atoms with Crippen molar-refractivity contribution in [1.29, 1.82) is 0 Å². The molecule has 0 N–H and O–H groups in total. The Balaban J connectivity index is 1.51. The fourth-order valence-corrected chi connectivity index (χ4v) is 5.17. The predicted molar refractivity (Wildman–Crippen MR) is 107 cm³/mol. The third-order valence-corrected chi connectivity index (χ3v) is 7.69. The van der Waals surface area contributed by atoms with Crippen molar-refractivity contribution in [3.63, 3.8) is 0 Å². The highest BCUT2D eigenvalue weighted by atomic mass is 32.2. The summed E-state index contributed by atoms with van der Waals surface area (Å²) in [6, 6.07) is 6.82. The van der Waals surface area contributed by atoms with Gasteiger partial charge in [0.2, 0.25) is 15.9 Å². The second-order valence-corrected chi connectivity index (χ2v) is 9.88. The van der Waals surface area contributed by atoms with Crippen LogP contribution in [0.25, 0.3) is 0 Å². The summed E-state index contributed by atoms with van der Waals surface area (Å²) in [5, 5.41) is 0. The first-order chi connectivity index (χ1) is 13.4. The zero-order valence-electron chi connectivity index (χ0n) is 16.5. The normalized spacial score (nSPS) is 20.9. The molecule has 0 aromatic heterocycles. The molecule has 2 fully saturated rings. The number of halogens is 1. The Morgan fingerprint density at radius 2 is 1.79 bits per heavy atom. The first kappa shape index (κ1) is 21.2. The van der Waals surface area contributed by atoms with E-state index in [2.05, 4.69) is 4.90 Å². The van der Waals surface area contributed by atoms with Gasteiger partial charge in [0, 0.05) is 57.3 Å². The molecule has 156 valence electrons. The molecule has 0 unspecified atom stereocenters. The highest BCUT2D eigenvalue weighted by molar-refractivity contribution is 7.89. The zero-order chi connectivity index (χ0) is 20.1. The van der Waals surface area contributed by atoms with E-state index >= 15 is 0 Å². The molecule has 0 aliphatic carbocycles. The van der Waals surface area contributed by atoms with Crippen molar-refractivity contribution in [3.05, 3.63) is 35.6 Å². The molecule has 0 radical (unpaired) electrons. The molecule has 1 aromatic carbocycles. The summed E-state index contributed by atoms with van der Waals surface area (Å²) in [5.41, 5.74) is 0.687. The van der Waals surface area contributed by atoms with E-state index in [1.807, 2.05) is 11.0 Å². The smallest absolute Gasteiger partial charge is 0.225 e. The topological polar surface area (TPSA) is 60.9 Å². The fourth-order valence-electron chi connectivity index (χ4n) is 4.04. The lowest BCUT2D eigenvalue weighted by Crippen LogP contribution is -2.45. The van der Waals surface area contributed by atoms with Crippen LogP contribution in [-0.4, -0.2) is 73.5 Å². The van der Waals surface area contributed by atoms with E-state index in [0.29, 0.717) is 51.1 Å². The highest BCUT2D eigenvalue weighted by Gasteiger charge is 2.32. The van der Waals surface area contributed by atoms with E-state index in [9.17, 15) is 17.6 Å². The lowest BCUT2D eigenvalue weighted by Gasteiger charge is -2.33. The number of nitrogens with zero attached hydrogens (tertiary/aromatic N) is 3. The first-order valence-corrected chi connectivity index (χ1v) is 11.7. The van der Waals surface area contributed by atoms with Gasteiger partial charge in [0.1, 0.15) is 5.82 Å². The van der Waals surface area contributed by atoms with Crippen molar-refractivity contribution >= 4 is 15.9 Å². The minimum Gasteiger partial charge on any atom is -0.341 e. The number of rotatable bonds is 5. The van der Waals surface area contributed by atoms with Gasteiger partial charge in [-0.3, -0.25) is 9.69 Å². The summed E-state index contributed by atoms with van der Waals surface area (Å²) >= 11 is 0. The van der Waals surface area contributed by atoms with Crippen molar-refractivity contribution in [2.45, 2.75) is 32.7 Å². The van der Waals surface area contributed by atoms with Crippen molar-refractivity contribution in [3.8, 4) is 0 Å². The van der Waals surface area contributed by atoms with Crippen LogP contribution in [0.5, 0.6) is 0 Å². The Morgan fingerprint density at radius 1 is 1.07 bits per heavy atom. The average Bonchev–Trinajstić information content (AvgIpc) is 2.95. The lowest BCUT2D eigenvalue weighted by molar-refractivity contribution is -0.136. The quantitative estimate of drug-likeness (QED) is 0.743. The molecule has 2 aliphatic rings. The molecule has 0 atom stereocenters. The molecule has 0 bridgehead atoms. The number of hydrogen-bond donors (Lipinski definition) is 0. The van der Waals surface area contributed by atoms with E-state index in [1.165, 1.54) is 10.4 Å². The Hall–Kier alpha value is -1.51. The SMILES string of the molecule is CCS(=O)(=O)N1CCC(C(=O)N2CCCN(Cc3ccccc3F)CC2)CC1. The Kier molecular flexibility index (Phi) is 7.06. The zero-order valence-corrected chi connectivity index (χ0v) is 17.3. The molecule has 8 heteroatoms. The van der Waals surface area contributed by atoms with Gasteiger partial charge in [0.25, 0.3) is 0 Å². The molecule has 1 amide bonds. The summed E-state index contributed by atoms with van der Waals surface area (Å²) in [6.07, 6.45) is 2.05. The molecule has 28 heavy (non-hydrogen) atoms. The molecule has 1 aromatic rings. The van der Waals surface area contributed by atoms with Crippen LogP contribution < -0.4 is 0 Å². The summed E-state index contributed by atoms with van der Waals surface area (Å²) in [6.45, 7) is 5.98. The molecular weight excluding hydrogens is 381 g/mol. The van der Waals surface area contributed by atoms with Crippen molar-refractivity contribution < 1.29 is 17.6 Å². The van der Waals surface area contributed by atoms with Crippen LogP contribution in [0.2, 0.25) is 0 Å². The predicted octanol–water partition coefficient (Wildman–Crippen LogP) is 1.92. The minimum atomic E-state index is -3.17. The van der Waals surface area contributed by atoms with Crippen LogP contribution in [0.1, 0.15) is 31.7 Å². The maximum Gasteiger partial charge on any atom is 0.225 e. The third kappa shape index (κ3) is 5.10. The van der Waals surface area contributed by atoms with Gasteiger partial charge in [0.05, 0.1) is 5.75 Å². The first-order valence-electron chi connectivity index (χ1n) is 10.1. The van der Waals surface area contributed by atoms with Crippen LogP contribution >= 0.6 is 0 Å². The highest BCUT2D eigenvalue weighted by Crippen LogP contribution is 2.23. The van der Waals surface area contributed by atoms with Crippen LogP contribution in [0.3, 0.4) is 0 Å². The van der Waals surface area contributed by atoms with Gasteiger partial charge < -0.3 is 4.90 Å². The number of carbonyl (C=O) groups is 1. The monoisotopic (exact) mass is 411 g/mol. The van der Waals surface area contributed by atoms with Gasteiger partial charge in [-0.1, -0.05) is 18.2 Å². The van der Waals surface area contributed by atoms with E-state index in [-0.39, 0.29) is 23.4 Å². The third-order valence-electron chi connectivity index (χ3n) is 5.81.